The van der Waals surface area contributed by atoms with E-state index in [1.807, 2.05) is 19.1 Å². The molecule has 4 aliphatic rings. The third-order valence-electron chi connectivity index (χ3n) is 6.44. The number of benzene rings is 1. The Labute approximate surface area is 120 Å². The molecule has 5 unspecified atom stereocenters. The maximum absolute atomic E-state index is 12.7. The van der Waals surface area contributed by atoms with Crippen molar-refractivity contribution < 1.29 is 8.42 Å². The molecular formula is C16H19NO2S. The highest BCUT2D eigenvalue weighted by atomic mass is 32.2. The van der Waals surface area contributed by atoms with Gasteiger partial charge in [-0.1, -0.05) is 17.7 Å². The summed E-state index contributed by atoms with van der Waals surface area (Å²) in [6.07, 6.45) is 2.75. The quantitative estimate of drug-likeness (QED) is 0.837. The molecular weight excluding hydrogens is 270 g/mol. The summed E-state index contributed by atoms with van der Waals surface area (Å²) in [6, 6.07) is 7.27. The lowest BCUT2D eigenvalue weighted by molar-refractivity contribution is 0.353. The molecule has 1 aliphatic heterocycles. The Bertz CT molecular complexity index is 692. The zero-order chi connectivity index (χ0) is 13.7. The minimum atomic E-state index is -3.27. The van der Waals surface area contributed by atoms with Crippen molar-refractivity contribution in [3.05, 3.63) is 29.8 Å². The Morgan fingerprint density at radius 2 is 1.80 bits per heavy atom. The average Bonchev–Trinajstić information content (AvgIpc) is 3.24. The van der Waals surface area contributed by atoms with Crippen LogP contribution in [0.3, 0.4) is 0 Å². The predicted molar refractivity (Wildman–Crippen MR) is 75.6 cm³/mol. The van der Waals surface area contributed by atoms with Crippen molar-refractivity contribution in [2.45, 2.75) is 24.7 Å². The van der Waals surface area contributed by atoms with Crippen LogP contribution in [0.4, 0.5) is 0 Å². The average molecular weight is 289 g/mol. The van der Waals surface area contributed by atoms with E-state index in [9.17, 15) is 8.42 Å². The van der Waals surface area contributed by atoms with Gasteiger partial charge in [0, 0.05) is 13.1 Å². The summed E-state index contributed by atoms with van der Waals surface area (Å²) in [6.45, 7) is 3.54. The standard InChI is InChI=1S/C16H19NO2S/c1-10-2-4-12(5-3-10)20(18,19)17-8-15-14-7-11-6-13(11)16(14,15)9-17/h2-5,11,13-15H,6-9H2,1H3. The minimum Gasteiger partial charge on any atom is -0.207 e. The van der Waals surface area contributed by atoms with Crippen LogP contribution in [0.1, 0.15) is 18.4 Å². The molecule has 1 spiro atoms. The predicted octanol–water partition coefficient (Wildman–Crippen LogP) is 2.27. The monoisotopic (exact) mass is 289 g/mol. The zero-order valence-corrected chi connectivity index (χ0v) is 12.4. The molecule has 5 atom stereocenters. The van der Waals surface area contributed by atoms with Gasteiger partial charge in [-0.05, 0) is 61.0 Å². The summed E-state index contributed by atoms with van der Waals surface area (Å²) in [5.74, 6) is 3.33. The Kier molecular flexibility index (Phi) is 1.94. The maximum atomic E-state index is 12.7. The number of hydrogen-bond donors (Lipinski definition) is 0. The Morgan fingerprint density at radius 3 is 2.55 bits per heavy atom. The SMILES string of the molecule is Cc1ccc(S(=O)(=O)N2CC3C4CC5CC5C43C2)cc1. The Hall–Kier alpha value is -0.870. The number of nitrogens with zero attached hydrogens (tertiary/aromatic N) is 1. The first-order chi connectivity index (χ1) is 9.53. The summed E-state index contributed by atoms with van der Waals surface area (Å²) >= 11 is 0. The van der Waals surface area contributed by atoms with Gasteiger partial charge in [0.15, 0.2) is 0 Å². The number of piperidine rings is 1. The number of rotatable bonds is 2. The van der Waals surface area contributed by atoms with Crippen molar-refractivity contribution >= 4 is 10.0 Å². The highest BCUT2D eigenvalue weighted by Crippen LogP contribution is 2.82. The molecule has 4 fully saturated rings. The van der Waals surface area contributed by atoms with E-state index in [4.69, 9.17) is 0 Å². The molecule has 20 heavy (non-hydrogen) atoms. The highest BCUT2D eigenvalue weighted by molar-refractivity contribution is 7.89. The molecule has 0 N–H and O–H groups in total. The van der Waals surface area contributed by atoms with E-state index in [-0.39, 0.29) is 0 Å². The van der Waals surface area contributed by atoms with Gasteiger partial charge in [-0.25, -0.2) is 8.42 Å². The molecule has 4 heteroatoms. The van der Waals surface area contributed by atoms with Crippen LogP contribution in [0, 0.1) is 36.0 Å². The minimum absolute atomic E-state index is 0.405. The molecule has 0 bridgehead atoms. The van der Waals surface area contributed by atoms with Gasteiger partial charge >= 0.3 is 0 Å². The number of hydrogen-bond acceptors (Lipinski definition) is 2. The molecule has 1 saturated heterocycles. The van der Waals surface area contributed by atoms with Gasteiger partial charge in [-0.3, -0.25) is 0 Å². The fourth-order valence-electron chi connectivity index (χ4n) is 5.34. The van der Waals surface area contributed by atoms with E-state index in [0.717, 1.165) is 36.4 Å². The maximum Gasteiger partial charge on any atom is 0.243 e. The molecule has 1 aromatic rings. The van der Waals surface area contributed by atoms with Crippen LogP contribution in [0.5, 0.6) is 0 Å². The van der Waals surface area contributed by atoms with Crippen LogP contribution < -0.4 is 0 Å². The molecule has 0 amide bonds. The fourth-order valence-corrected chi connectivity index (χ4v) is 6.86. The second-order valence-electron chi connectivity index (χ2n) is 7.27. The van der Waals surface area contributed by atoms with Crippen LogP contribution in [-0.4, -0.2) is 25.8 Å². The lowest BCUT2D eigenvalue weighted by Gasteiger charge is -2.21. The number of fused-ring (bicyclic) bond motifs is 2. The zero-order valence-electron chi connectivity index (χ0n) is 11.6. The van der Waals surface area contributed by atoms with Crippen molar-refractivity contribution in [2.75, 3.05) is 13.1 Å². The van der Waals surface area contributed by atoms with E-state index < -0.39 is 10.0 Å². The van der Waals surface area contributed by atoms with Crippen LogP contribution in [0.2, 0.25) is 0 Å². The summed E-state index contributed by atoms with van der Waals surface area (Å²) < 4.78 is 27.3. The molecule has 1 aromatic carbocycles. The molecule has 106 valence electrons. The van der Waals surface area contributed by atoms with Crippen LogP contribution >= 0.6 is 0 Å². The van der Waals surface area contributed by atoms with Crippen molar-refractivity contribution in [3.8, 4) is 0 Å². The summed E-state index contributed by atoms with van der Waals surface area (Å²) in [4.78, 5) is 0.461. The largest absolute Gasteiger partial charge is 0.243 e. The first-order valence-electron chi connectivity index (χ1n) is 7.60. The van der Waals surface area contributed by atoms with E-state index >= 15 is 0 Å². The smallest absolute Gasteiger partial charge is 0.207 e. The van der Waals surface area contributed by atoms with Gasteiger partial charge in [0.05, 0.1) is 4.90 Å². The van der Waals surface area contributed by atoms with Gasteiger partial charge < -0.3 is 0 Å². The summed E-state index contributed by atoms with van der Waals surface area (Å²) in [5.41, 5.74) is 1.51. The molecule has 3 nitrogen and oxygen atoms in total. The Morgan fingerprint density at radius 1 is 1.10 bits per heavy atom. The number of sulfonamides is 1. The number of aryl methyl sites for hydroxylation is 1. The topological polar surface area (TPSA) is 37.4 Å². The normalized spacial score (nSPS) is 44.9. The van der Waals surface area contributed by atoms with Gasteiger partial charge in [-0.2, -0.15) is 4.31 Å². The molecule has 0 aromatic heterocycles. The first-order valence-corrected chi connectivity index (χ1v) is 9.04. The lowest BCUT2D eigenvalue weighted by Crippen LogP contribution is -2.33. The van der Waals surface area contributed by atoms with Crippen molar-refractivity contribution in [1.29, 1.82) is 0 Å². The fraction of sp³-hybridized carbons (Fsp3) is 0.625. The van der Waals surface area contributed by atoms with Gasteiger partial charge in [0.2, 0.25) is 10.0 Å². The van der Waals surface area contributed by atoms with Crippen molar-refractivity contribution in [3.63, 3.8) is 0 Å². The second kappa shape index (κ2) is 3.30. The van der Waals surface area contributed by atoms with E-state index in [0.29, 0.717) is 16.2 Å². The molecule has 1 heterocycles. The molecule has 3 saturated carbocycles. The third kappa shape index (κ3) is 1.23. The summed E-state index contributed by atoms with van der Waals surface area (Å²) in [5, 5.41) is 0. The van der Waals surface area contributed by atoms with Gasteiger partial charge in [-0.15, -0.1) is 0 Å². The molecule has 5 rings (SSSR count). The highest BCUT2D eigenvalue weighted by Gasteiger charge is 2.81. The first kappa shape index (κ1) is 11.8. The molecule has 0 radical (unpaired) electrons. The van der Waals surface area contributed by atoms with Crippen LogP contribution in [0.25, 0.3) is 0 Å². The second-order valence-corrected chi connectivity index (χ2v) is 9.21. The van der Waals surface area contributed by atoms with Crippen LogP contribution in [-0.2, 0) is 10.0 Å². The van der Waals surface area contributed by atoms with Gasteiger partial charge in [0.25, 0.3) is 0 Å². The van der Waals surface area contributed by atoms with Crippen molar-refractivity contribution in [1.82, 2.24) is 4.31 Å². The Balaban J connectivity index is 1.46. The van der Waals surface area contributed by atoms with Crippen LogP contribution in [0.15, 0.2) is 29.2 Å². The summed E-state index contributed by atoms with van der Waals surface area (Å²) in [7, 11) is -3.27. The van der Waals surface area contributed by atoms with Crippen molar-refractivity contribution in [2.24, 2.45) is 29.1 Å². The molecule has 3 aliphatic carbocycles. The van der Waals surface area contributed by atoms with Gasteiger partial charge in [0.1, 0.15) is 0 Å². The third-order valence-corrected chi connectivity index (χ3v) is 8.26. The van der Waals surface area contributed by atoms with E-state index in [2.05, 4.69) is 0 Å². The lowest BCUT2D eigenvalue weighted by atomic mass is 10.0. The van der Waals surface area contributed by atoms with E-state index in [1.165, 1.54) is 12.8 Å². The van der Waals surface area contributed by atoms with E-state index in [1.54, 1.807) is 16.4 Å².